The summed E-state index contributed by atoms with van der Waals surface area (Å²) in [5, 5.41) is 14.2. The summed E-state index contributed by atoms with van der Waals surface area (Å²) in [6.07, 6.45) is 1.20. The van der Waals surface area contributed by atoms with E-state index in [9.17, 15) is 4.79 Å². The van der Waals surface area contributed by atoms with Crippen LogP contribution in [0.5, 0.6) is 5.75 Å². The van der Waals surface area contributed by atoms with Crippen molar-refractivity contribution in [3.05, 3.63) is 95.9 Å². The number of anilines is 1. The summed E-state index contributed by atoms with van der Waals surface area (Å²) in [6, 6.07) is 25.3. The number of carbonyl (C=O) groups is 1. The van der Waals surface area contributed by atoms with Gasteiger partial charge in [0, 0.05) is 38.1 Å². The highest BCUT2D eigenvalue weighted by atomic mass is 16.5. The first-order chi connectivity index (χ1) is 16.1. The molecule has 33 heavy (non-hydrogen) atoms. The minimum Gasteiger partial charge on any atom is -0.449 e. The number of allylic oxidation sites excluding steroid dienone is 1. The van der Waals surface area contributed by atoms with Gasteiger partial charge in [0.2, 0.25) is 5.76 Å². The van der Waals surface area contributed by atoms with Gasteiger partial charge >= 0.3 is 0 Å². The van der Waals surface area contributed by atoms with Gasteiger partial charge in [-0.25, -0.2) is 0 Å². The van der Waals surface area contributed by atoms with Crippen molar-refractivity contribution in [1.82, 2.24) is 10.2 Å². The number of piperazine rings is 1. The van der Waals surface area contributed by atoms with E-state index in [0.29, 0.717) is 30.2 Å². The van der Waals surface area contributed by atoms with Crippen molar-refractivity contribution in [2.45, 2.75) is 6.92 Å². The maximum Gasteiger partial charge on any atom is 0.293 e. The Hall–Kier alpha value is -3.90. The number of benzene rings is 3. The molecule has 0 aliphatic carbocycles. The third-order valence-electron chi connectivity index (χ3n) is 5.52. The van der Waals surface area contributed by atoms with Crippen molar-refractivity contribution in [2.75, 3.05) is 31.5 Å². The Bertz CT molecular complexity index is 1120. The number of nitrogens with one attached hydrogen (secondary N) is 3. The molecule has 1 heterocycles. The molecule has 1 saturated heterocycles. The smallest absolute Gasteiger partial charge is 0.293 e. The average Bonchev–Trinajstić information content (AvgIpc) is 2.87. The van der Waals surface area contributed by atoms with E-state index in [1.165, 1.54) is 6.21 Å². The van der Waals surface area contributed by atoms with Crippen LogP contribution in [-0.4, -0.2) is 43.2 Å². The zero-order valence-electron chi connectivity index (χ0n) is 18.7. The minimum absolute atomic E-state index is 0.111. The summed E-state index contributed by atoms with van der Waals surface area (Å²) in [6.45, 7) is 4.97. The highest BCUT2D eigenvalue weighted by Crippen LogP contribution is 2.25. The van der Waals surface area contributed by atoms with Crippen LogP contribution < -0.4 is 15.4 Å². The minimum atomic E-state index is -0.386. The Labute approximate surface area is 194 Å². The first kappa shape index (κ1) is 22.3. The van der Waals surface area contributed by atoms with E-state index in [1.54, 1.807) is 0 Å². The van der Waals surface area contributed by atoms with Crippen molar-refractivity contribution in [1.29, 1.82) is 5.41 Å². The zero-order valence-corrected chi connectivity index (χ0v) is 18.7. The molecular weight excluding hydrogens is 412 g/mol. The fraction of sp³-hybridized carbons (Fsp3) is 0.185. The topological polar surface area (TPSA) is 77.5 Å². The third-order valence-corrected chi connectivity index (χ3v) is 5.52. The van der Waals surface area contributed by atoms with Gasteiger partial charge in [0.25, 0.3) is 5.91 Å². The van der Waals surface area contributed by atoms with Gasteiger partial charge in [-0.15, -0.1) is 0 Å². The van der Waals surface area contributed by atoms with E-state index in [-0.39, 0.29) is 11.7 Å². The van der Waals surface area contributed by atoms with E-state index in [1.807, 2.05) is 90.7 Å². The second kappa shape index (κ2) is 10.6. The molecule has 0 atom stereocenters. The lowest BCUT2D eigenvalue weighted by atomic mass is 10.1. The number of ether oxygens (including phenoxy) is 1. The second-order valence-corrected chi connectivity index (χ2v) is 7.91. The maximum atomic E-state index is 13.3. The molecule has 1 fully saturated rings. The molecule has 1 aliphatic heterocycles. The average molecular weight is 441 g/mol. The van der Waals surface area contributed by atoms with Crippen LogP contribution in [-0.2, 0) is 4.79 Å². The van der Waals surface area contributed by atoms with Crippen LogP contribution in [0.1, 0.15) is 5.56 Å². The van der Waals surface area contributed by atoms with E-state index >= 15 is 0 Å². The molecule has 0 unspecified atom stereocenters. The quantitative estimate of drug-likeness (QED) is 0.288. The van der Waals surface area contributed by atoms with Crippen LogP contribution >= 0.6 is 0 Å². The normalized spacial score (nSPS) is 14.3. The Kier molecular flexibility index (Phi) is 7.17. The number of hydrogen-bond acceptors (Lipinski definition) is 5. The largest absolute Gasteiger partial charge is 0.449 e. The second-order valence-electron chi connectivity index (χ2n) is 7.91. The van der Waals surface area contributed by atoms with Gasteiger partial charge in [-0.2, -0.15) is 0 Å². The lowest BCUT2D eigenvalue weighted by molar-refractivity contribution is -0.115. The highest BCUT2D eigenvalue weighted by molar-refractivity contribution is 6.05. The summed E-state index contributed by atoms with van der Waals surface area (Å²) in [7, 11) is 0. The SMILES string of the molecule is Cc1ccc(NC(=O)/C(Oc2ccc(-c3ccccc3)cc2)=C(\C=N)N2CCNCC2)cc1. The fourth-order valence-corrected chi connectivity index (χ4v) is 3.71. The van der Waals surface area contributed by atoms with E-state index in [0.717, 1.165) is 29.8 Å². The molecule has 4 rings (SSSR count). The van der Waals surface area contributed by atoms with Crippen LogP contribution in [0, 0.1) is 12.3 Å². The van der Waals surface area contributed by atoms with E-state index < -0.39 is 0 Å². The Balaban J connectivity index is 1.63. The summed E-state index contributed by atoms with van der Waals surface area (Å²) in [5.41, 5.74) is 4.42. The number of rotatable bonds is 7. The van der Waals surface area contributed by atoms with Gasteiger partial charge in [0.05, 0.1) is 0 Å². The molecule has 0 radical (unpaired) electrons. The number of carbonyl (C=O) groups excluding carboxylic acids is 1. The molecule has 3 aromatic rings. The summed E-state index contributed by atoms with van der Waals surface area (Å²) >= 11 is 0. The van der Waals surface area contributed by atoms with Crippen LogP contribution in [0.3, 0.4) is 0 Å². The Morgan fingerprint density at radius 2 is 1.58 bits per heavy atom. The molecular formula is C27H28N4O2. The monoisotopic (exact) mass is 440 g/mol. The van der Waals surface area contributed by atoms with Crippen molar-refractivity contribution in [3.8, 4) is 16.9 Å². The molecule has 3 aromatic carbocycles. The van der Waals surface area contributed by atoms with Gasteiger partial charge in [-0.05, 0) is 42.3 Å². The van der Waals surface area contributed by atoms with Gasteiger partial charge in [0.1, 0.15) is 11.4 Å². The van der Waals surface area contributed by atoms with Crippen LogP contribution in [0.15, 0.2) is 90.3 Å². The summed E-state index contributed by atoms with van der Waals surface area (Å²) in [4.78, 5) is 15.3. The van der Waals surface area contributed by atoms with Crippen LogP contribution in [0.2, 0.25) is 0 Å². The van der Waals surface area contributed by atoms with Crippen LogP contribution in [0.4, 0.5) is 5.69 Å². The lowest BCUT2D eigenvalue weighted by Gasteiger charge is -2.30. The zero-order chi connectivity index (χ0) is 23.0. The number of hydrogen-bond donors (Lipinski definition) is 3. The molecule has 0 saturated carbocycles. The standard InChI is InChI=1S/C27H28N4O2/c1-20-7-11-23(12-8-20)30-27(32)26(25(19-28)31-17-15-29-16-18-31)33-24-13-9-22(10-14-24)21-5-3-2-4-6-21/h2-14,19,28-29H,15-18H2,1H3,(H,30,32)/b26-25-,28-19?. The predicted octanol–water partition coefficient (Wildman–Crippen LogP) is 4.45. The van der Waals surface area contributed by atoms with Crippen molar-refractivity contribution >= 4 is 17.8 Å². The van der Waals surface area contributed by atoms with E-state index in [2.05, 4.69) is 10.6 Å². The molecule has 0 spiro atoms. The molecule has 3 N–H and O–H groups in total. The van der Waals surface area contributed by atoms with Gasteiger partial charge in [0.15, 0.2) is 0 Å². The lowest BCUT2D eigenvalue weighted by Crippen LogP contribution is -2.44. The highest BCUT2D eigenvalue weighted by Gasteiger charge is 2.23. The van der Waals surface area contributed by atoms with Gasteiger partial charge in [-0.1, -0.05) is 60.2 Å². The molecule has 6 heteroatoms. The number of nitrogens with zero attached hydrogens (tertiary/aromatic N) is 1. The third kappa shape index (κ3) is 5.67. The Morgan fingerprint density at radius 1 is 0.939 bits per heavy atom. The summed E-state index contributed by atoms with van der Waals surface area (Å²) < 4.78 is 6.12. The first-order valence-electron chi connectivity index (χ1n) is 11.1. The van der Waals surface area contributed by atoms with Crippen molar-refractivity contribution in [3.63, 3.8) is 0 Å². The number of amides is 1. The predicted molar refractivity (Wildman–Crippen MR) is 133 cm³/mol. The molecule has 1 aliphatic rings. The van der Waals surface area contributed by atoms with E-state index in [4.69, 9.17) is 10.1 Å². The van der Waals surface area contributed by atoms with Gasteiger partial charge < -0.3 is 25.7 Å². The molecule has 1 amide bonds. The molecule has 0 aromatic heterocycles. The van der Waals surface area contributed by atoms with Crippen molar-refractivity contribution in [2.24, 2.45) is 0 Å². The molecule has 168 valence electrons. The Morgan fingerprint density at radius 3 is 2.21 bits per heavy atom. The van der Waals surface area contributed by atoms with Gasteiger partial charge in [-0.3, -0.25) is 4.79 Å². The molecule has 6 nitrogen and oxygen atoms in total. The van der Waals surface area contributed by atoms with Crippen molar-refractivity contribution < 1.29 is 9.53 Å². The van der Waals surface area contributed by atoms with Crippen LogP contribution in [0.25, 0.3) is 11.1 Å². The fourth-order valence-electron chi connectivity index (χ4n) is 3.71. The number of aryl methyl sites for hydroxylation is 1. The molecule has 0 bridgehead atoms. The maximum absolute atomic E-state index is 13.3. The summed E-state index contributed by atoms with van der Waals surface area (Å²) in [5.74, 6) is 0.265. The first-order valence-corrected chi connectivity index (χ1v) is 11.1.